The zero-order valence-corrected chi connectivity index (χ0v) is 13.4. The van der Waals surface area contributed by atoms with Crippen LogP contribution in [0.1, 0.15) is 39.0 Å². The maximum absolute atomic E-state index is 12.3. The van der Waals surface area contributed by atoms with E-state index in [1.807, 2.05) is 6.92 Å². The van der Waals surface area contributed by atoms with Gasteiger partial charge in [0.1, 0.15) is 0 Å². The van der Waals surface area contributed by atoms with Gasteiger partial charge in [-0.25, -0.2) is 0 Å². The van der Waals surface area contributed by atoms with E-state index in [1.54, 1.807) is 4.90 Å². The van der Waals surface area contributed by atoms with Crippen LogP contribution < -0.4 is 0 Å². The Morgan fingerprint density at radius 3 is 2.77 bits per heavy atom. The Hall–Kier alpha value is -1.07. The van der Waals surface area contributed by atoms with E-state index in [0.29, 0.717) is 24.2 Å². The summed E-state index contributed by atoms with van der Waals surface area (Å²) in [5.74, 6) is 1.70. The van der Waals surface area contributed by atoms with E-state index in [9.17, 15) is 9.90 Å². The summed E-state index contributed by atoms with van der Waals surface area (Å²) in [6.45, 7) is 4.38. The molecule has 22 heavy (non-hydrogen) atoms. The Labute approximate surface area is 132 Å². The maximum atomic E-state index is 12.3. The van der Waals surface area contributed by atoms with Crippen LogP contribution in [0.2, 0.25) is 0 Å². The molecule has 2 aliphatic heterocycles. The fraction of sp³-hybridized carbons (Fsp3) is 0.824. The Balaban J connectivity index is 1.80. The van der Waals surface area contributed by atoms with Gasteiger partial charge in [0.2, 0.25) is 6.29 Å². The zero-order chi connectivity index (χ0) is 15.5. The Morgan fingerprint density at radius 1 is 1.45 bits per heavy atom. The second kappa shape index (κ2) is 7.01. The highest BCUT2D eigenvalue weighted by atomic mass is 16.7. The van der Waals surface area contributed by atoms with Gasteiger partial charge >= 0.3 is 0 Å². The summed E-state index contributed by atoms with van der Waals surface area (Å²) in [6.07, 6.45) is 7.06. The molecule has 2 fully saturated rings. The van der Waals surface area contributed by atoms with E-state index in [2.05, 4.69) is 6.08 Å². The molecule has 0 aromatic heterocycles. The summed E-state index contributed by atoms with van der Waals surface area (Å²) in [4.78, 5) is 14.1. The minimum absolute atomic E-state index is 0.00892. The second-order valence-electron chi connectivity index (χ2n) is 6.56. The fourth-order valence-electron chi connectivity index (χ4n) is 3.55. The molecule has 1 amide bonds. The summed E-state index contributed by atoms with van der Waals surface area (Å²) < 4.78 is 11.7. The number of allylic oxidation sites excluding steroid dienone is 1. The normalized spacial score (nSPS) is 31.3. The first kappa shape index (κ1) is 15.8. The molecule has 5 nitrogen and oxygen atoms in total. The van der Waals surface area contributed by atoms with Crippen molar-refractivity contribution in [3.63, 3.8) is 0 Å². The van der Waals surface area contributed by atoms with Gasteiger partial charge in [-0.05, 0) is 50.5 Å². The summed E-state index contributed by atoms with van der Waals surface area (Å²) in [7, 11) is 0. The highest BCUT2D eigenvalue weighted by Gasteiger charge is 2.43. The number of hydrogen-bond donors (Lipinski definition) is 1. The summed E-state index contributed by atoms with van der Waals surface area (Å²) in [5.41, 5.74) is 0. The molecule has 5 heteroatoms. The van der Waals surface area contributed by atoms with Crippen LogP contribution in [0.5, 0.6) is 0 Å². The van der Waals surface area contributed by atoms with Crippen LogP contribution in [-0.4, -0.2) is 48.5 Å². The third-order valence-electron chi connectivity index (χ3n) is 5.10. The minimum Gasteiger partial charge on any atom is -0.459 e. The van der Waals surface area contributed by atoms with Gasteiger partial charge in [-0.3, -0.25) is 4.79 Å². The Morgan fingerprint density at radius 2 is 2.23 bits per heavy atom. The number of nitrogens with zero attached hydrogens (tertiary/aromatic N) is 1. The molecule has 1 aliphatic carbocycles. The van der Waals surface area contributed by atoms with Crippen molar-refractivity contribution in [3.05, 3.63) is 11.8 Å². The number of amides is 1. The van der Waals surface area contributed by atoms with Gasteiger partial charge in [0.25, 0.3) is 5.91 Å². The molecule has 0 aromatic rings. The van der Waals surface area contributed by atoms with Crippen LogP contribution in [-0.2, 0) is 14.3 Å². The molecule has 3 aliphatic rings. The van der Waals surface area contributed by atoms with E-state index >= 15 is 0 Å². The third kappa shape index (κ3) is 3.30. The Bertz CT molecular complexity index is 428. The molecule has 0 bridgehead atoms. The molecule has 0 radical (unpaired) electrons. The minimum atomic E-state index is -0.356. The van der Waals surface area contributed by atoms with E-state index in [-0.39, 0.29) is 24.7 Å². The smallest absolute Gasteiger partial charge is 0.288 e. The monoisotopic (exact) mass is 309 g/mol. The van der Waals surface area contributed by atoms with Gasteiger partial charge in [0.15, 0.2) is 5.76 Å². The first-order valence-corrected chi connectivity index (χ1v) is 8.64. The van der Waals surface area contributed by atoms with Crippen molar-refractivity contribution in [2.45, 2.75) is 45.3 Å². The van der Waals surface area contributed by atoms with Crippen molar-refractivity contribution in [1.29, 1.82) is 0 Å². The number of carbonyl (C=O) groups is 1. The van der Waals surface area contributed by atoms with E-state index < -0.39 is 0 Å². The summed E-state index contributed by atoms with van der Waals surface area (Å²) in [5, 5.41) is 9.17. The molecule has 0 aromatic carbocycles. The molecule has 1 saturated carbocycles. The summed E-state index contributed by atoms with van der Waals surface area (Å²) >= 11 is 0. The van der Waals surface area contributed by atoms with Crippen LogP contribution in [0.3, 0.4) is 0 Å². The first-order chi connectivity index (χ1) is 10.7. The van der Waals surface area contributed by atoms with Crippen LogP contribution in [0, 0.1) is 17.8 Å². The first-order valence-electron chi connectivity index (χ1n) is 8.64. The number of aliphatic hydroxyl groups excluding tert-OH is 1. The van der Waals surface area contributed by atoms with Crippen molar-refractivity contribution in [2.24, 2.45) is 17.8 Å². The van der Waals surface area contributed by atoms with Gasteiger partial charge in [-0.1, -0.05) is 6.42 Å². The lowest BCUT2D eigenvalue weighted by Crippen LogP contribution is -2.42. The van der Waals surface area contributed by atoms with Crippen LogP contribution in [0.15, 0.2) is 11.8 Å². The van der Waals surface area contributed by atoms with Crippen LogP contribution >= 0.6 is 0 Å². The van der Waals surface area contributed by atoms with Crippen molar-refractivity contribution >= 4 is 5.91 Å². The number of rotatable bonds is 7. The van der Waals surface area contributed by atoms with Gasteiger partial charge in [-0.2, -0.15) is 0 Å². The molecule has 124 valence electrons. The molecule has 0 unspecified atom stereocenters. The molecule has 1 N–H and O–H groups in total. The molecule has 2 heterocycles. The predicted molar refractivity (Wildman–Crippen MR) is 81.8 cm³/mol. The maximum Gasteiger partial charge on any atom is 0.288 e. The van der Waals surface area contributed by atoms with Crippen molar-refractivity contribution in [2.75, 3.05) is 26.3 Å². The molecule has 1 saturated heterocycles. The lowest BCUT2D eigenvalue weighted by molar-refractivity contribution is -0.179. The predicted octanol–water partition coefficient (Wildman–Crippen LogP) is 1.91. The molecule has 0 spiro atoms. The van der Waals surface area contributed by atoms with E-state index in [1.165, 1.54) is 19.3 Å². The lowest BCUT2D eigenvalue weighted by atomic mass is 9.68. The summed E-state index contributed by atoms with van der Waals surface area (Å²) in [6, 6.07) is 0. The largest absolute Gasteiger partial charge is 0.459 e. The zero-order valence-electron chi connectivity index (χ0n) is 13.4. The number of aliphatic hydroxyl groups is 1. The van der Waals surface area contributed by atoms with Crippen molar-refractivity contribution in [3.8, 4) is 0 Å². The van der Waals surface area contributed by atoms with E-state index in [0.717, 1.165) is 25.9 Å². The van der Waals surface area contributed by atoms with Crippen LogP contribution in [0.25, 0.3) is 0 Å². The molecule has 3 rings (SSSR count). The average Bonchev–Trinajstić information content (AvgIpc) is 3.28. The van der Waals surface area contributed by atoms with Gasteiger partial charge < -0.3 is 19.5 Å². The van der Waals surface area contributed by atoms with Gasteiger partial charge in [-0.15, -0.1) is 0 Å². The van der Waals surface area contributed by atoms with E-state index in [4.69, 9.17) is 9.47 Å². The SMILES string of the molecule is CCO[C@@H]1OC(C(=O)N2CC2)=C[C@H](C2CCC2)[C@@H]1CCCO. The van der Waals surface area contributed by atoms with Crippen molar-refractivity contribution < 1.29 is 19.4 Å². The van der Waals surface area contributed by atoms with Crippen LogP contribution in [0.4, 0.5) is 0 Å². The Kier molecular flexibility index (Phi) is 5.03. The standard InChI is InChI=1S/C17H27NO4/c1-2-21-17-13(7-4-10-19)14(12-5-3-6-12)11-15(22-17)16(20)18-8-9-18/h11-14,17,19H,2-10H2,1H3/t13-,14+,17+/m0/s1. The van der Waals surface area contributed by atoms with Gasteiger partial charge in [0, 0.05) is 32.2 Å². The molecular formula is C17H27NO4. The number of hydrogen-bond acceptors (Lipinski definition) is 4. The highest BCUT2D eigenvalue weighted by molar-refractivity contribution is 5.93. The number of ether oxygens (including phenoxy) is 2. The molecular weight excluding hydrogens is 282 g/mol. The highest BCUT2D eigenvalue weighted by Crippen LogP contribution is 2.44. The lowest BCUT2D eigenvalue weighted by Gasteiger charge is -2.43. The quantitative estimate of drug-likeness (QED) is 0.730. The fourth-order valence-corrected chi connectivity index (χ4v) is 3.55. The molecule has 3 atom stereocenters. The average molecular weight is 309 g/mol. The number of carbonyl (C=O) groups excluding carboxylic acids is 1. The topological polar surface area (TPSA) is 58.8 Å². The van der Waals surface area contributed by atoms with Crippen molar-refractivity contribution in [1.82, 2.24) is 4.90 Å². The second-order valence-corrected chi connectivity index (χ2v) is 6.56. The van der Waals surface area contributed by atoms with Gasteiger partial charge in [0.05, 0.1) is 0 Å². The third-order valence-corrected chi connectivity index (χ3v) is 5.10.